The monoisotopic (exact) mass is 424 g/mol. The Balaban J connectivity index is 2.16. The lowest BCUT2D eigenvalue weighted by Gasteiger charge is -2.34. The summed E-state index contributed by atoms with van der Waals surface area (Å²) in [6, 6.07) is 7.81. The van der Waals surface area contributed by atoms with Crippen molar-refractivity contribution in [3.63, 3.8) is 0 Å². The molecule has 0 saturated carbocycles. The zero-order valence-corrected chi connectivity index (χ0v) is 16.7. The Morgan fingerprint density at radius 2 is 2.10 bits per heavy atom. The van der Waals surface area contributed by atoms with Crippen molar-refractivity contribution in [2.75, 3.05) is 18.1 Å². The van der Waals surface area contributed by atoms with E-state index in [9.17, 15) is 19.5 Å². The standard InChI is InChI=1S/C22H20N2O7/c1-3-9-24-14-8-6-5-7-13(14)22(21(24)28)16(20(27)29-4-2)19(23)31-17-15(26)10-12(11-25)30-18(17)22/h3,5-8,10,25H,1,4,9,11,23H2,2H3. The molecule has 0 bridgehead atoms. The van der Waals surface area contributed by atoms with E-state index < -0.39 is 35.2 Å². The molecule has 1 aromatic carbocycles. The predicted octanol–water partition coefficient (Wildman–Crippen LogP) is 1.08. The van der Waals surface area contributed by atoms with Crippen molar-refractivity contribution in [2.24, 2.45) is 5.73 Å². The fourth-order valence-electron chi connectivity index (χ4n) is 4.09. The number of nitrogens with zero attached hydrogens (tertiary/aromatic N) is 1. The molecule has 160 valence electrons. The van der Waals surface area contributed by atoms with E-state index in [4.69, 9.17) is 19.6 Å². The number of benzene rings is 1. The molecule has 0 fully saturated rings. The summed E-state index contributed by atoms with van der Waals surface area (Å²) in [5.41, 5.74) is 4.10. The van der Waals surface area contributed by atoms with Gasteiger partial charge in [-0.15, -0.1) is 6.58 Å². The van der Waals surface area contributed by atoms with Crippen LogP contribution >= 0.6 is 0 Å². The first-order valence-corrected chi connectivity index (χ1v) is 9.57. The maximum absolute atomic E-state index is 14.0. The molecule has 1 aromatic heterocycles. The van der Waals surface area contributed by atoms with Crippen molar-refractivity contribution >= 4 is 17.6 Å². The number of carbonyl (C=O) groups is 2. The molecule has 3 N–H and O–H groups in total. The van der Waals surface area contributed by atoms with Crippen molar-refractivity contribution in [1.82, 2.24) is 0 Å². The summed E-state index contributed by atoms with van der Waals surface area (Å²) in [4.78, 5) is 41.1. The molecule has 31 heavy (non-hydrogen) atoms. The molecule has 9 nitrogen and oxygen atoms in total. The number of fused-ring (bicyclic) bond motifs is 4. The van der Waals surface area contributed by atoms with E-state index in [1.165, 1.54) is 11.0 Å². The highest BCUT2D eigenvalue weighted by atomic mass is 16.5. The van der Waals surface area contributed by atoms with Gasteiger partial charge in [0.25, 0.3) is 5.91 Å². The third-order valence-corrected chi connectivity index (χ3v) is 5.24. The van der Waals surface area contributed by atoms with Crippen molar-refractivity contribution in [3.8, 4) is 5.75 Å². The molecule has 9 heteroatoms. The summed E-state index contributed by atoms with van der Waals surface area (Å²) >= 11 is 0. The average molecular weight is 424 g/mol. The molecule has 0 saturated heterocycles. The van der Waals surface area contributed by atoms with Gasteiger partial charge in [-0.2, -0.15) is 0 Å². The van der Waals surface area contributed by atoms with Crippen LogP contribution in [-0.4, -0.2) is 30.1 Å². The van der Waals surface area contributed by atoms with E-state index in [0.29, 0.717) is 11.3 Å². The van der Waals surface area contributed by atoms with Gasteiger partial charge in [0.2, 0.25) is 17.1 Å². The van der Waals surface area contributed by atoms with Crippen LogP contribution in [0.15, 0.2) is 63.7 Å². The first kappa shape index (κ1) is 20.4. The highest BCUT2D eigenvalue weighted by Crippen LogP contribution is 2.55. The van der Waals surface area contributed by atoms with Gasteiger partial charge in [0.05, 0.1) is 6.61 Å². The van der Waals surface area contributed by atoms with E-state index in [1.807, 2.05) is 0 Å². The SMILES string of the molecule is C=CCN1C(=O)C2(C(C(=O)OCC)=C(N)Oc3c2oc(CO)cc3=O)c2ccccc21. The Kier molecular flexibility index (Phi) is 4.90. The van der Waals surface area contributed by atoms with Gasteiger partial charge in [-0.25, -0.2) is 4.79 Å². The van der Waals surface area contributed by atoms with Gasteiger partial charge in [0.1, 0.15) is 17.9 Å². The smallest absolute Gasteiger partial charge is 0.341 e. The van der Waals surface area contributed by atoms with Crippen molar-refractivity contribution < 1.29 is 28.6 Å². The molecule has 2 aliphatic rings. The zero-order chi connectivity index (χ0) is 22.3. The molecule has 1 atom stereocenters. The number of aliphatic hydroxyl groups excluding tert-OH is 1. The third kappa shape index (κ3) is 2.70. The largest absolute Gasteiger partial charge is 0.462 e. The van der Waals surface area contributed by atoms with Crippen LogP contribution < -0.4 is 20.8 Å². The highest BCUT2D eigenvalue weighted by Gasteiger charge is 2.63. The molecule has 1 unspecified atom stereocenters. The van der Waals surface area contributed by atoms with E-state index in [-0.39, 0.29) is 36.0 Å². The minimum atomic E-state index is -1.92. The predicted molar refractivity (Wildman–Crippen MR) is 109 cm³/mol. The second kappa shape index (κ2) is 7.44. The van der Waals surface area contributed by atoms with Crippen LogP contribution in [0, 0.1) is 0 Å². The van der Waals surface area contributed by atoms with Crippen LogP contribution in [0.4, 0.5) is 5.69 Å². The van der Waals surface area contributed by atoms with E-state index in [2.05, 4.69) is 6.58 Å². The molecule has 0 radical (unpaired) electrons. The van der Waals surface area contributed by atoms with Gasteiger partial charge in [-0.1, -0.05) is 24.3 Å². The normalized spacial score (nSPS) is 19.2. The van der Waals surface area contributed by atoms with Gasteiger partial charge >= 0.3 is 5.97 Å². The van der Waals surface area contributed by atoms with Gasteiger partial charge in [-0.3, -0.25) is 9.59 Å². The molecular weight excluding hydrogens is 404 g/mol. The number of para-hydroxylation sites is 1. The summed E-state index contributed by atoms with van der Waals surface area (Å²) < 4.78 is 16.4. The fraction of sp³-hybridized carbons (Fsp3) is 0.227. The zero-order valence-electron chi connectivity index (χ0n) is 16.7. The Hall–Kier alpha value is -3.85. The summed E-state index contributed by atoms with van der Waals surface area (Å²) in [5.74, 6) is -2.55. The highest BCUT2D eigenvalue weighted by molar-refractivity contribution is 6.18. The molecule has 2 aliphatic heterocycles. The molecule has 4 rings (SSSR count). The number of aliphatic hydroxyl groups is 1. The number of carbonyl (C=O) groups excluding carboxylic acids is 2. The number of ether oxygens (including phenoxy) is 2. The van der Waals surface area contributed by atoms with Crippen LogP contribution in [0.25, 0.3) is 0 Å². The van der Waals surface area contributed by atoms with Gasteiger partial charge < -0.3 is 29.6 Å². The molecule has 0 aliphatic carbocycles. The average Bonchev–Trinajstić information content (AvgIpc) is 2.99. The second-order valence-electron chi connectivity index (χ2n) is 6.93. The summed E-state index contributed by atoms with van der Waals surface area (Å²) in [6.07, 6.45) is 1.53. The lowest BCUT2D eigenvalue weighted by molar-refractivity contribution is -0.141. The Morgan fingerprint density at radius 1 is 1.35 bits per heavy atom. The maximum Gasteiger partial charge on any atom is 0.341 e. The quantitative estimate of drug-likeness (QED) is 0.538. The first-order chi connectivity index (χ1) is 14.9. The molecule has 2 aromatic rings. The summed E-state index contributed by atoms with van der Waals surface area (Å²) in [6.45, 7) is 4.86. The number of amides is 1. The van der Waals surface area contributed by atoms with Gasteiger partial charge in [-0.05, 0) is 13.0 Å². The third-order valence-electron chi connectivity index (χ3n) is 5.24. The second-order valence-corrected chi connectivity index (χ2v) is 6.93. The van der Waals surface area contributed by atoms with Gasteiger partial charge in [0, 0.05) is 23.9 Å². The fourth-order valence-corrected chi connectivity index (χ4v) is 4.09. The summed E-state index contributed by atoms with van der Waals surface area (Å²) in [7, 11) is 0. The minimum Gasteiger partial charge on any atom is -0.462 e. The number of hydrogen-bond acceptors (Lipinski definition) is 8. The number of esters is 1. The van der Waals surface area contributed by atoms with Crippen LogP contribution in [0.3, 0.4) is 0 Å². The summed E-state index contributed by atoms with van der Waals surface area (Å²) in [5, 5.41) is 9.59. The van der Waals surface area contributed by atoms with Crippen LogP contribution in [-0.2, 0) is 26.3 Å². The molecule has 1 amide bonds. The lowest BCUT2D eigenvalue weighted by Crippen LogP contribution is -2.49. The lowest BCUT2D eigenvalue weighted by atomic mass is 9.71. The molecule has 1 spiro atoms. The number of hydrogen-bond donors (Lipinski definition) is 2. The molecular formula is C22H20N2O7. The van der Waals surface area contributed by atoms with E-state index in [1.54, 1.807) is 31.2 Å². The topological polar surface area (TPSA) is 132 Å². The molecule has 3 heterocycles. The van der Waals surface area contributed by atoms with Gasteiger partial charge in [0.15, 0.2) is 11.2 Å². The Labute approximate surface area is 177 Å². The van der Waals surface area contributed by atoms with Crippen molar-refractivity contribution in [1.29, 1.82) is 0 Å². The van der Waals surface area contributed by atoms with Crippen LogP contribution in [0.2, 0.25) is 0 Å². The van der Waals surface area contributed by atoms with Crippen molar-refractivity contribution in [2.45, 2.75) is 18.9 Å². The van der Waals surface area contributed by atoms with Crippen LogP contribution in [0.1, 0.15) is 24.0 Å². The first-order valence-electron chi connectivity index (χ1n) is 9.57. The number of nitrogens with two attached hydrogens (primary N) is 1. The van der Waals surface area contributed by atoms with E-state index in [0.717, 1.165) is 6.07 Å². The van der Waals surface area contributed by atoms with Crippen molar-refractivity contribution in [3.05, 3.63) is 81.8 Å². The Bertz CT molecular complexity index is 1200. The van der Waals surface area contributed by atoms with Crippen LogP contribution in [0.5, 0.6) is 5.75 Å². The maximum atomic E-state index is 14.0. The van der Waals surface area contributed by atoms with E-state index >= 15 is 0 Å². The minimum absolute atomic E-state index is 0.0192. The Morgan fingerprint density at radius 3 is 2.77 bits per heavy atom. The number of anilines is 1. The number of rotatable bonds is 5.